The summed E-state index contributed by atoms with van der Waals surface area (Å²) >= 11 is 0. The van der Waals surface area contributed by atoms with Gasteiger partial charge in [0.2, 0.25) is 0 Å². The van der Waals surface area contributed by atoms with Crippen LogP contribution in [0.4, 0.5) is 0 Å². The molecule has 0 aliphatic heterocycles. The average Bonchev–Trinajstić information content (AvgIpc) is 2.39. The Balaban J connectivity index is 2.30. The molecule has 0 radical (unpaired) electrons. The number of fused-ring (bicyclic) bond motifs is 1. The van der Waals surface area contributed by atoms with Crippen molar-refractivity contribution in [2.75, 3.05) is 0 Å². The highest BCUT2D eigenvalue weighted by atomic mass is 16.3. The van der Waals surface area contributed by atoms with Gasteiger partial charge < -0.3 is 10.2 Å². The van der Waals surface area contributed by atoms with E-state index in [4.69, 9.17) is 0 Å². The summed E-state index contributed by atoms with van der Waals surface area (Å²) in [5.41, 5.74) is 0.924. The molecule has 1 aromatic heterocycles. The van der Waals surface area contributed by atoms with Crippen LogP contribution < -0.4 is 0 Å². The minimum Gasteiger partial charge on any atom is -0.507 e. The standard InChI is InChI=1S/C15H11NO2/c17-13-6-3-7-16-15(13)12-8-10-4-1-2-5-11(10)9-14(12)18/h1-9,17-18H. The van der Waals surface area contributed by atoms with E-state index in [2.05, 4.69) is 4.98 Å². The van der Waals surface area contributed by atoms with Gasteiger partial charge in [0.25, 0.3) is 0 Å². The molecule has 3 aromatic rings. The molecule has 0 atom stereocenters. The summed E-state index contributed by atoms with van der Waals surface area (Å²) in [6.45, 7) is 0. The zero-order chi connectivity index (χ0) is 12.5. The minimum atomic E-state index is 0.0584. The van der Waals surface area contributed by atoms with E-state index in [1.54, 1.807) is 24.4 Å². The number of nitrogens with zero attached hydrogens (tertiary/aromatic N) is 1. The highest BCUT2D eigenvalue weighted by Gasteiger charge is 2.11. The van der Waals surface area contributed by atoms with Gasteiger partial charge in [-0.25, -0.2) is 0 Å². The molecule has 1 heterocycles. The van der Waals surface area contributed by atoms with Crippen LogP contribution in [0.25, 0.3) is 22.0 Å². The first-order chi connectivity index (χ1) is 8.75. The number of hydrogen-bond donors (Lipinski definition) is 2. The summed E-state index contributed by atoms with van der Waals surface area (Å²) in [6.07, 6.45) is 1.59. The second-order valence-electron chi connectivity index (χ2n) is 4.09. The Kier molecular flexibility index (Phi) is 2.38. The molecule has 0 spiro atoms. The fraction of sp³-hybridized carbons (Fsp3) is 0. The van der Waals surface area contributed by atoms with Gasteiger partial charge in [-0.15, -0.1) is 0 Å². The van der Waals surface area contributed by atoms with E-state index < -0.39 is 0 Å². The van der Waals surface area contributed by atoms with Crippen molar-refractivity contribution < 1.29 is 10.2 Å². The summed E-state index contributed by atoms with van der Waals surface area (Å²) in [5, 5.41) is 21.8. The number of aromatic nitrogens is 1. The Morgan fingerprint density at radius 1 is 0.778 bits per heavy atom. The number of phenolic OH excluding ortho intramolecular Hbond substituents is 1. The van der Waals surface area contributed by atoms with Crippen molar-refractivity contribution in [3.8, 4) is 22.8 Å². The van der Waals surface area contributed by atoms with E-state index in [1.165, 1.54) is 0 Å². The van der Waals surface area contributed by atoms with Gasteiger partial charge in [0.1, 0.15) is 17.2 Å². The quantitative estimate of drug-likeness (QED) is 0.682. The second kappa shape index (κ2) is 4.04. The number of aromatic hydroxyl groups is 2. The molecule has 0 aliphatic carbocycles. The molecular weight excluding hydrogens is 226 g/mol. The fourth-order valence-corrected chi connectivity index (χ4v) is 2.02. The lowest BCUT2D eigenvalue weighted by atomic mass is 10.0. The number of hydrogen-bond acceptors (Lipinski definition) is 3. The van der Waals surface area contributed by atoms with Crippen LogP contribution in [0.2, 0.25) is 0 Å². The summed E-state index contributed by atoms with van der Waals surface area (Å²) in [6, 6.07) is 14.4. The van der Waals surface area contributed by atoms with Crippen LogP contribution in [-0.2, 0) is 0 Å². The first-order valence-corrected chi connectivity index (χ1v) is 5.62. The SMILES string of the molecule is Oc1cc2ccccc2cc1-c1ncccc1O. The molecule has 3 heteroatoms. The van der Waals surface area contributed by atoms with E-state index in [1.807, 2.05) is 30.3 Å². The van der Waals surface area contributed by atoms with Crippen molar-refractivity contribution in [2.24, 2.45) is 0 Å². The molecule has 0 saturated carbocycles. The molecule has 88 valence electrons. The van der Waals surface area contributed by atoms with E-state index in [9.17, 15) is 10.2 Å². The van der Waals surface area contributed by atoms with E-state index in [0.717, 1.165) is 10.8 Å². The van der Waals surface area contributed by atoms with Crippen molar-refractivity contribution in [1.82, 2.24) is 4.98 Å². The molecule has 2 aromatic carbocycles. The lowest BCUT2D eigenvalue weighted by Gasteiger charge is -2.07. The third kappa shape index (κ3) is 1.66. The molecule has 0 saturated heterocycles. The summed E-state index contributed by atoms with van der Waals surface area (Å²) in [7, 11) is 0. The normalized spacial score (nSPS) is 10.7. The Hall–Kier alpha value is -2.55. The Labute approximate surface area is 104 Å². The maximum absolute atomic E-state index is 10.0. The third-order valence-corrected chi connectivity index (χ3v) is 2.91. The highest BCUT2D eigenvalue weighted by molar-refractivity contribution is 5.90. The Morgan fingerprint density at radius 3 is 2.22 bits per heavy atom. The predicted octanol–water partition coefficient (Wildman–Crippen LogP) is 3.31. The highest BCUT2D eigenvalue weighted by Crippen LogP contribution is 2.36. The van der Waals surface area contributed by atoms with E-state index in [0.29, 0.717) is 11.3 Å². The first kappa shape index (κ1) is 10.6. The molecule has 0 unspecified atom stereocenters. The lowest BCUT2D eigenvalue weighted by Crippen LogP contribution is -1.85. The largest absolute Gasteiger partial charge is 0.507 e. The molecular formula is C15H11NO2. The van der Waals surface area contributed by atoms with Gasteiger partial charge in [0.05, 0.1) is 0 Å². The van der Waals surface area contributed by atoms with Crippen LogP contribution in [0.15, 0.2) is 54.7 Å². The van der Waals surface area contributed by atoms with Crippen LogP contribution in [0, 0.1) is 0 Å². The summed E-state index contributed by atoms with van der Waals surface area (Å²) < 4.78 is 0. The summed E-state index contributed by atoms with van der Waals surface area (Å²) in [5.74, 6) is 0.172. The Morgan fingerprint density at radius 2 is 1.50 bits per heavy atom. The van der Waals surface area contributed by atoms with Crippen molar-refractivity contribution in [3.63, 3.8) is 0 Å². The van der Waals surface area contributed by atoms with Crippen LogP contribution >= 0.6 is 0 Å². The monoisotopic (exact) mass is 237 g/mol. The molecule has 0 bridgehead atoms. The number of rotatable bonds is 1. The Bertz CT molecular complexity index is 723. The maximum Gasteiger partial charge on any atom is 0.141 e. The van der Waals surface area contributed by atoms with Gasteiger partial charge in [0, 0.05) is 11.8 Å². The lowest BCUT2D eigenvalue weighted by molar-refractivity contribution is 0.467. The van der Waals surface area contributed by atoms with Gasteiger partial charge in [-0.1, -0.05) is 24.3 Å². The number of phenols is 1. The fourth-order valence-electron chi connectivity index (χ4n) is 2.02. The van der Waals surface area contributed by atoms with Crippen molar-refractivity contribution in [2.45, 2.75) is 0 Å². The predicted molar refractivity (Wildman–Crippen MR) is 70.5 cm³/mol. The summed E-state index contributed by atoms with van der Waals surface area (Å²) in [4.78, 5) is 4.11. The van der Waals surface area contributed by atoms with Crippen LogP contribution in [0.1, 0.15) is 0 Å². The zero-order valence-corrected chi connectivity index (χ0v) is 9.54. The van der Waals surface area contributed by atoms with Gasteiger partial charge in [-0.2, -0.15) is 0 Å². The van der Waals surface area contributed by atoms with Gasteiger partial charge in [-0.05, 0) is 35.0 Å². The maximum atomic E-state index is 10.0. The van der Waals surface area contributed by atoms with Crippen LogP contribution in [-0.4, -0.2) is 15.2 Å². The van der Waals surface area contributed by atoms with Gasteiger partial charge in [-0.3, -0.25) is 4.98 Å². The molecule has 3 nitrogen and oxygen atoms in total. The molecule has 0 amide bonds. The molecule has 18 heavy (non-hydrogen) atoms. The number of benzene rings is 2. The third-order valence-electron chi connectivity index (χ3n) is 2.91. The minimum absolute atomic E-state index is 0.0584. The molecule has 3 rings (SSSR count). The van der Waals surface area contributed by atoms with Crippen molar-refractivity contribution in [1.29, 1.82) is 0 Å². The van der Waals surface area contributed by atoms with Crippen molar-refractivity contribution in [3.05, 3.63) is 54.7 Å². The molecule has 0 fully saturated rings. The second-order valence-corrected chi connectivity index (χ2v) is 4.09. The van der Waals surface area contributed by atoms with Crippen molar-refractivity contribution >= 4 is 10.8 Å². The van der Waals surface area contributed by atoms with E-state index in [-0.39, 0.29) is 11.5 Å². The average molecular weight is 237 g/mol. The van der Waals surface area contributed by atoms with E-state index >= 15 is 0 Å². The topological polar surface area (TPSA) is 53.4 Å². The molecule has 2 N–H and O–H groups in total. The smallest absolute Gasteiger partial charge is 0.141 e. The van der Waals surface area contributed by atoms with Crippen LogP contribution in [0.5, 0.6) is 11.5 Å². The van der Waals surface area contributed by atoms with Crippen LogP contribution in [0.3, 0.4) is 0 Å². The van der Waals surface area contributed by atoms with Gasteiger partial charge >= 0.3 is 0 Å². The first-order valence-electron chi connectivity index (χ1n) is 5.62. The van der Waals surface area contributed by atoms with Gasteiger partial charge in [0.15, 0.2) is 0 Å². The zero-order valence-electron chi connectivity index (χ0n) is 9.54. The molecule has 0 aliphatic rings. The number of pyridine rings is 1.